The number of para-hydroxylation sites is 2. The van der Waals surface area contributed by atoms with Gasteiger partial charge in [0.15, 0.2) is 5.58 Å². The first-order chi connectivity index (χ1) is 10.1. The average Bonchev–Trinajstić information content (AvgIpc) is 2.87. The van der Waals surface area contributed by atoms with Crippen molar-refractivity contribution in [1.29, 1.82) is 0 Å². The molecule has 0 aliphatic heterocycles. The number of carboxylic acids is 1. The van der Waals surface area contributed by atoms with Crippen molar-refractivity contribution >= 4 is 17.1 Å². The van der Waals surface area contributed by atoms with Crippen LogP contribution in [0.1, 0.15) is 39.0 Å². The van der Waals surface area contributed by atoms with Gasteiger partial charge in [-0.1, -0.05) is 25.5 Å². The van der Waals surface area contributed by atoms with Crippen molar-refractivity contribution in [2.75, 3.05) is 0 Å². The molecule has 0 aliphatic rings. The van der Waals surface area contributed by atoms with Gasteiger partial charge in [0.2, 0.25) is 5.89 Å². The standard InChI is InChI=1S/C16H22N2O3/c1-11(16(19)20)6-5-7-12(2)17-10-15-18-13-8-3-4-9-14(13)21-15/h3-4,8-9,11-12,17H,5-7,10H2,1-2H3,(H,19,20). The van der Waals surface area contributed by atoms with Crippen LogP contribution in [0.25, 0.3) is 11.1 Å². The van der Waals surface area contributed by atoms with Crippen LogP contribution in [0.3, 0.4) is 0 Å². The second kappa shape index (κ2) is 7.22. The zero-order valence-electron chi connectivity index (χ0n) is 12.5. The van der Waals surface area contributed by atoms with Gasteiger partial charge in [-0.15, -0.1) is 0 Å². The molecule has 2 unspecified atom stereocenters. The number of carbonyl (C=O) groups is 1. The van der Waals surface area contributed by atoms with Crippen LogP contribution in [0.5, 0.6) is 0 Å². The molecule has 5 nitrogen and oxygen atoms in total. The van der Waals surface area contributed by atoms with E-state index in [1.54, 1.807) is 6.92 Å². The molecule has 0 spiro atoms. The minimum atomic E-state index is -0.720. The number of nitrogens with zero attached hydrogens (tertiary/aromatic N) is 1. The fourth-order valence-electron chi connectivity index (χ4n) is 2.21. The Morgan fingerprint density at radius 2 is 2.10 bits per heavy atom. The third kappa shape index (κ3) is 4.56. The van der Waals surface area contributed by atoms with E-state index >= 15 is 0 Å². The fraction of sp³-hybridized carbons (Fsp3) is 0.500. The maximum absolute atomic E-state index is 10.7. The average molecular weight is 290 g/mol. The zero-order chi connectivity index (χ0) is 15.2. The Morgan fingerprint density at radius 1 is 1.33 bits per heavy atom. The second-order valence-electron chi connectivity index (χ2n) is 5.53. The van der Waals surface area contributed by atoms with E-state index in [4.69, 9.17) is 9.52 Å². The highest BCUT2D eigenvalue weighted by molar-refractivity contribution is 5.72. The van der Waals surface area contributed by atoms with E-state index in [0.717, 1.165) is 23.9 Å². The molecule has 0 bridgehead atoms. The number of oxazole rings is 1. The van der Waals surface area contributed by atoms with Crippen LogP contribution in [0, 0.1) is 5.92 Å². The molecule has 0 amide bonds. The van der Waals surface area contributed by atoms with Crippen LogP contribution < -0.4 is 5.32 Å². The summed E-state index contributed by atoms with van der Waals surface area (Å²) >= 11 is 0. The Balaban J connectivity index is 1.73. The number of carboxylic acid groups (broad SMARTS) is 1. The Labute approximate surface area is 124 Å². The van der Waals surface area contributed by atoms with E-state index in [2.05, 4.69) is 17.2 Å². The smallest absolute Gasteiger partial charge is 0.306 e. The Morgan fingerprint density at radius 3 is 2.81 bits per heavy atom. The minimum absolute atomic E-state index is 0.269. The van der Waals surface area contributed by atoms with Crippen molar-refractivity contribution in [2.24, 2.45) is 5.92 Å². The monoisotopic (exact) mass is 290 g/mol. The molecular formula is C16H22N2O3. The molecule has 0 radical (unpaired) electrons. The van der Waals surface area contributed by atoms with Gasteiger partial charge in [-0.2, -0.15) is 0 Å². The summed E-state index contributed by atoms with van der Waals surface area (Å²) in [5, 5.41) is 12.2. The summed E-state index contributed by atoms with van der Waals surface area (Å²) in [5.74, 6) is -0.307. The number of rotatable bonds is 8. The van der Waals surface area contributed by atoms with Gasteiger partial charge in [-0.3, -0.25) is 4.79 Å². The molecule has 2 rings (SSSR count). The largest absolute Gasteiger partial charge is 0.481 e. The number of benzene rings is 1. The molecule has 2 aromatic rings. The zero-order valence-corrected chi connectivity index (χ0v) is 12.5. The van der Waals surface area contributed by atoms with E-state index < -0.39 is 5.97 Å². The van der Waals surface area contributed by atoms with Crippen molar-refractivity contribution in [3.8, 4) is 0 Å². The lowest BCUT2D eigenvalue weighted by atomic mass is 10.0. The minimum Gasteiger partial charge on any atom is -0.481 e. The summed E-state index contributed by atoms with van der Waals surface area (Å²) in [7, 11) is 0. The molecule has 1 aromatic heterocycles. The summed E-state index contributed by atoms with van der Waals surface area (Å²) in [5.41, 5.74) is 1.68. The maximum atomic E-state index is 10.7. The van der Waals surface area contributed by atoms with Gasteiger partial charge in [0.1, 0.15) is 5.52 Å². The number of aliphatic carboxylic acids is 1. The summed E-state index contributed by atoms with van der Waals surface area (Å²) in [6.45, 7) is 4.43. The van der Waals surface area contributed by atoms with Crippen LogP contribution in [-0.4, -0.2) is 22.1 Å². The highest BCUT2D eigenvalue weighted by Gasteiger charge is 2.12. The van der Waals surface area contributed by atoms with Gasteiger partial charge >= 0.3 is 5.97 Å². The summed E-state index contributed by atoms with van der Waals surface area (Å²) < 4.78 is 5.64. The lowest BCUT2D eigenvalue weighted by molar-refractivity contribution is -0.141. The van der Waals surface area contributed by atoms with Gasteiger partial charge < -0.3 is 14.8 Å². The van der Waals surface area contributed by atoms with E-state index in [1.165, 1.54) is 0 Å². The molecule has 5 heteroatoms. The Bertz CT molecular complexity index is 561. The van der Waals surface area contributed by atoms with Gasteiger partial charge in [0.25, 0.3) is 0 Å². The van der Waals surface area contributed by atoms with E-state index in [0.29, 0.717) is 24.9 Å². The van der Waals surface area contributed by atoms with Crippen molar-refractivity contribution in [2.45, 2.75) is 45.7 Å². The van der Waals surface area contributed by atoms with Gasteiger partial charge in [0, 0.05) is 6.04 Å². The topological polar surface area (TPSA) is 75.4 Å². The van der Waals surface area contributed by atoms with Gasteiger partial charge in [0.05, 0.1) is 12.5 Å². The van der Waals surface area contributed by atoms with Crippen LogP contribution in [0.15, 0.2) is 28.7 Å². The maximum Gasteiger partial charge on any atom is 0.306 e. The van der Waals surface area contributed by atoms with E-state index in [1.807, 2.05) is 24.3 Å². The van der Waals surface area contributed by atoms with Crippen LogP contribution >= 0.6 is 0 Å². The lowest BCUT2D eigenvalue weighted by Gasteiger charge is -2.13. The number of fused-ring (bicyclic) bond motifs is 1. The third-order valence-electron chi connectivity index (χ3n) is 3.64. The van der Waals surface area contributed by atoms with E-state index in [-0.39, 0.29) is 5.92 Å². The fourth-order valence-corrected chi connectivity index (χ4v) is 2.21. The molecule has 21 heavy (non-hydrogen) atoms. The first kappa shape index (κ1) is 15.5. The van der Waals surface area contributed by atoms with Gasteiger partial charge in [-0.05, 0) is 31.9 Å². The Hall–Kier alpha value is -1.88. The van der Waals surface area contributed by atoms with Crippen molar-refractivity contribution in [3.63, 3.8) is 0 Å². The number of hydrogen-bond acceptors (Lipinski definition) is 4. The summed E-state index contributed by atoms with van der Waals surface area (Å²) in [6, 6.07) is 8.01. The summed E-state index contributed by atoms with van der Waals surface area (Å²) in [4.78, 5) is 15.1. The predicted octanol–water partition coefficient (Wildman–Crippen LogP) is 3.20. The first-order valence-corrected chi connectivity index (χ1v) is 7.37. The van der Waals surface area contributed by atoms with E-state index in [9.17, 15) is 4.79 Å². The van der Waals surface area contributed by atoms with Crippen LogP contribution in [0.4, 0.5) is 0 Å². The van der Waals surface area contributed by atoms with Crippen molar-refractivity contribution in [3.05, 3.63) is 30.2 Å². The second-order valence-corrected chi connectivity index (χ2v) is 5.53. The molecule has 0 fully saturated rings. The number of aromatic nitrogens is 1. The van der Waals surface area contributed by atoms with Crippen molar-refractivity contribution in [1.82, 2.24) is 10.3 Å². The summed E-state index contributed by atoms with van der Waals surface area (Å²) in [6.07, 6.45) is 2.55. The third-order valence-corrected chi connectivity index (χ3v) is 3.64. The lowest BCUT2D eigenvalue weighted by Crippen LogP contribution is -2.25. The van der Waals surface area contributed by atoms with Crippen LogP contribution in [-0.2, 0) is 11.3 Å². The molecule has 1 heterocycles. The first-order valence-electron chi connectivity index (χ1n) is 7.37. The number of hydrogen-bond donors (Lipinski definition) is 2. The van der Waals surface area contributed by atoms with Crippen LogP contribution in [0.2, 0.25) is 0 Å². The highest BCUT2D eigenvalue weighted by atomic mass is 16.4. The normalized spacial score (nSPS) is 14.2. The quantitative estimate of drug-likeness (QED) is 0.781. The SMILES string of the molecule is CC(CCCC(C)C(=O)O)NCc1nc2ccccc2o1. The molecule has 1 aromatic carbocycles. The van der Waals surface area contributed by atoms with Crippen molar-refractivity contribution < 1.29 is 14.3 Å². The Kier molecular flexibility index (Phi) is 5.33. The molecule has 0 aliphatic carbocycles. The van der Waals surface area contributed by atoms with Gasteiger partial charge in [-0.25, -0.2) is 4.98 Å². The predicted molar refractivity (Wildman–Crippen MR) is 81.0 cm³/mol. The molecule has 0 saturated carbocycles. The molecule has 114 valence electrons. The molecule has 2 atom stereocenters. The highest BCUT2D eigenvalue weighted by Crippen LogP contribution is 2.15. The molecular weight excluding hydrogens is 268 g/mol. The molecule has 0 saturated heterocycles. The molecule has 2 N–H and O–H groups in total. The number of nitrogens with one attached hydrogen (secondary N) is 1.